The molecule has 1 aliphatic carbocycles. The molecule has 2 aliphatic rings. The van der Waals surface area contributed by atoms with Gasteiger partial charge in [-0.05, 0) is 38.2 Å². The predicted molar refractivity (Wildman–Crippen MR) is 103 cm³/mol. The van der Waals surface area contributed by atoms with Crippen molar-refractivity contribution in [3.8, 4) is 0 Å². The molecule has 1 saturated heterocycles. The fraction of sp³-hybridized carbons (Fsp3) is 0.526. The lowest BCUT2D eigenvalue weighted by molar-refractivity contribution is -0.118. The Hall–Kier alpha value is -2.02. The molecule has 1 saturated carbocycles. The maximum atomic E-state index is 12.2. The maximum Gasteiger partial charge on any atom is 0.230 e. The zero-order valence-corrected chi connectivity index (χ0v) is 16.0. The Labute approximate surface area is 158 Å². The first-order chi connectivity index (χ1) is 12.7. The summed E-state index contributed by atoms with van der Waals surface area (Å²) < 4.78 is 2.25. The molecule has 138 valence electrons. The quantitative estimate of drug-likeness (QED) is 0.758. The number of carbonyl (C=O) groups excluding carboxylic acids is 1. The Morgan fingerprint density at radius 3 is 2.62 bits per heavy atom. The molecule has 2 heterocycles. The normalized spacial score (nSPS) is 16.9. The van der Waals surface area contributed by atoms with E-state index in [4.69, 9.17) is 0 Å². The summed E-state index contributed by atoms with van der Waals surface area (Å²) in [6.07, 6.45) is 4.82. The van der Waals surface area contributed by atoms with Gasteiger partial charge < -0.3 is 10.2 Å². The fourth-order valence-corrected chi connectivity index (χ4v) is 4.07. The summed E-state index contributed by atoms with van der Waals surface area (Å²) in [6.45, 7) is 4.75. The van der Waals surface area contributed by atoms with Crippen molar-refractivity contribution in [3.05, 3.63) is 35.4 Å². The van der Waals surface area contributed by atoms with Crippen LogP contribution in [0.2, 0.25) is 0 Å². The van der Waals surface area contributed by atoms with Gasteiger partial charge in [-0.2, -0.15) is 0 Å². The molecule has 0 spiro atoms. The molecule has 1 amide bonds. The molecular formula is C19H25N5OS. The highest BCUT2D eigenvalue weighted by atomic mass is 32.2. The number of nitrogens with one attached hydrogen (secondary N) is 1. The van der Waals surface area contributed by atoms with Crippen LogP contribution < -0.4 is 10.2 Å². The minimum absolute atomic E-state index is 0.0312. The van der Waals surface area contributed by atoms with E-state index in [0.717, 1.165) is 29.8 Å². The van der Waals surface area contributed by atoms with Gasteiger partial charge in [0.1, 0.15) is 0 Å². The number of aryl methyl sites for hydroxylation is 1. The Balaban J connectivity index is 1.34. The third kappa shape index (κ3) is 4.03. The number of nitrogens with zero attached hydrogens (tertiary/aromatic N) is 4. The summed E-state index contributed by atoms with van der Waals surface area (Å²) in [5.41, 5.74) is 2.34. The summed E-state index contributed by atoms with van der Waals surface area (Å²) in [4.78, 5) is 14.5. The molecule has 0 radical (unpaired) electrons. The van der Waals surface area contributed by atoms with Crippen molar-refractivity contribution in [2.45, 2.75) is 50.4 Å². The van der Waals surface area contributed by atoms with Crippen molar-refractivity contribution in [2.24, 2.45) is 0 Å². The molecule has 0 bridgehead atoms. The molecule has 1 aromatic heterocycles. The summed E-state index contributed by atoms with van der Waals surface area (Å²) in [5, 5.41) is 12.7. The SMILES string of the molecule is Cc1ccc(CNC(=O)CSc2nnc(N3CCCC3)n2C2CC2)cc1. The predicted octanol–water partition coefficient (Wildman–Crippen LogP) is 2.93. The number of rotatable bonds is 7. The van der Waals surface area contributed by atoms with E-state index >= 15 is 0 Å². The molecule has 0 unspecified atom stereocenters. The van der Waals surface area contributed by atoms with Crippen LogP contribution in [0.4, 0.5) is 5.95 Å². The van der Waals surface area contributed by atoms with E-state index in [0.29, 0.717) is 18.3 Å². The number of benzene rings is 1. The van der Waals surface area contributed by atoms with Crippen LogP contribution in [0.15, 0.2) is 29.4 Å². The van der Waals surface area contributed by atoms with Crippen LogP contribution in [0.5, 0.6) is 0 Å². The van der Waals surface area contributed by atoms with E-state index < -0.39 is 0 Å². The Bertz CT molecular complexity index is 763. The average Bonchev–Trinajstić information content (AvgIpc) is 3.17. The molecule has 1 N–H and O–H groups in total. The smallest absolute Gasteiger partial charge is 0.230 e. The highest BCUT2D eigenvalue weighted by Crippen LogP contribution is 2.41. The van der Waals surface area contributed by atoms with Crippen molar-refractivity contribution < 1.29 is 4.79 Å². The highest BCUT2D eigenvalue weighted by molar-refractivity contribution is 7.99. The van der Waals surface area contributed by atoms with Gasteiger partial charge in [-0.3, -0.25) is 9.36 Å². The van der Waals surface area contributed by atoms with Gasteiger partial charge in [0.15, 0.2) is 5.16 Å². The van der Waals surface area contributed by atoms with Crippen LogP contribution in [-0.4, -0.2) is 39.5 Å². The van der Waals surface area contributed by atoms with E-state index in [-0.39, 0.29) is 5.91 Å². The van der Waals surface area contributed by atoms with Crippen LogP contribution in [0.3, 0.4) is 0 Å². The first-order valence-corrected chi connectivity index (χ1v) is 10.3. The van der Waals surface area contributed by atoms with Crippen LogP contribution in [-0.2, 0) is 11.3 Å². The monoisotopic (exact) mass is 371 g/mol. The van der Waals surface area contributed by atoms with Gasteiger partial charge in [-0.1, -0.05) is 41.6 Å². The van der Waals surface area contributed by atoms with E-state index in [1.807, 2.05) is 0 Å². The fourth-order valence-electron chi connectivity index (χ4n) is 3.24. The summed E-state index contributed by atoms with van der Waals surface area (Å²) in [6, 6.07) is 8.74. The molecule has 1 aromatic carbocycles. The number of hydrogen-bond acceptors (Lipinski definition) is 5. The third-order valence-electron chi connectivity index (χ3n) is 4.89. The maximum absolute atomic E-state index is 12.2. The summed E-state index contributed by atoms with van der Waals surface area (Å²) in [7, 11) is 0. The van der Waals surface area contributed by atoms with Gasteiger partial charge in [-0.15, -0.1) is 10.2 Å². The molecular weight excluding hydrogens is 346 g/mol. The van der Waals surface area contributed by atoms with Crippen LogP contribution in [0, 0.1) is 6.92 Å². The van der Waals surface area contributed by atoms with Gasteiger partial charge in [0.2, 0.25) is 11.9 Å². The van der Waals surface area contributed by atoms with Crippen LogP contribution in [0.1, 0.15) is 42.9 Å². The summed E-state index contributed by atoms with van der Waals surface area (Å²) >= 11 is 1.49. The number of carbonyl (C=O) groups is 1. The van der Waals surface area contributed by atoms with E-state index in [9.17, 15) is 4.79 Å². The number of amides is 1. The van der Waals surface area contributed by atoms with Crippen molar-refractivity contribution in [1.29, 1.82) is 0 Å². The standard InChI is InChI=1S/C19H25N5OS/c1-14-4-6-15(7-5-14)12-20-17(25)13-26-19-22-21-18(23-10-2-3-11-23)24(19)16-8-9-16/h4-7,16H,2-3,8-13H2,1H3,(H,20,25). The molecule has 2 fully saturated rings. The van der Waals surface area contributed by atoms with E-state index in [1.165, 1.54) is 43.0 Å². The molecule has 2 aromatic rings. The topological polar surface area (TPSA) is 63.1 Å². The van der Waals surface area contributed by atoms with Crippen LogP contribution in [0.25, 0.3) is 0 Å². The first-order valence-electron chi connectivity index (χ1n) is 9.35. The number of thioether (sulfide) groups is 1. The van der Waals surface area contributed by atoms with Gasteiger partial charge in [-0.25, -0.2) is 0 Å². The number of aromatic nitrogens is 3. The van der Waals surface area contributed by atoms with Crippen molar-refractivity contribution >= 4 is 23.6 Å². The lowest BCUT2D eigenvalue weighted by Crippen LogP contribution is -2.25. The number of anilines is 1. The number of hydrogen-bond donors (Lipinski definition) is 1. The summed E-state index contributed by atoms with van der Waals surface area (Å²) in [5.74, 6) is 1.40. The van der Waals surface area contributed by atoms with Crippen molar-refractivity contribution in [1.82, 2.24) is 20.1 Å². The molecule has 7 heteroatoms. The van der Waals surface area contributed by atoms with Gasteiger partial charge in [0.05, 0.1) is 5.75 Å². The van der Waals surface area contributed by atoms with Crippen molar-refractivity contribution in [2.75, 3.05) is 23.7 Å². The second-order valence-electron chi connectivity index (χ2n) is 7.13. The molecule has 1 aliphatic heterocycles. The minimum Gasteiger partial charge on any atom is -0.351 e. The van der Waals surface area contributed by atoms with Gasteiger partial charge in [0.25, 0.3) is 0 Å². The Kier molecular flexibility index (Phi) is 5.15. The average molecular weight is 372 g/mol. The molecule has 26 heavy (non-hydrogen) atoms. The minimum atomic E-state index is 0.0312. The largest absolute Gasteiger partial charge is 0.351 e. The lowest BCUT2D eigenvalue weighted by Gasteiger charge is -2.17. The second-order valence-corrected chi connectivity index (χ2v) is 8.07. The molecule has 6 nitrogen and oxygen atoms in total. The van der Waals surface area contributed by atoms with Gasteiger partial charge >= 0.3 is 0 Å². The zero-order valence-electron chi connectivity index (χ0n) is 15.1. The van der Waals surface area contributed by atoms with Crippen molar-refractivity contribution in [3.63, 3.8) is 0 Å². The zero-order chi connectivity index (χ0) is 17.9. The van der Waals surface area contributed by atoms with E-state index in [2.05, 4.69) is 56.2 Å². The molecule has 0 atom stereocenters. The Morgan fingerprint density at radius 1 is 1.19 bits per heavy atom. The Morgan fingerprint density at radius 2 is 1.92 bits per heavy atom. The van der Waals surface area contributed by atoms with E-state index in [1.54, 1.807) is 0 Å². The highest BCUT2D eigenvalue weighted by Gasteiger charge is 2.32. The van der Waals surface area contributed by atoms with Crippen LogP contribution >= 0.6 is 11.8 Å². The lowest BCUT2D eigenvalue weighted by atomic mass is 10.1. The molecule has 4 rings (SSSR count). The third-order valence-corrected chi connectivity index (χ3v) is 5.83. The first kappa shape index (κ1) is 17.4. The second kappa shape index (κ2) is 7.70. The van der Waals surface area contributed by atoms with Gasteiger partial charge in [0, 0.05) is 25.7 Å².